The van der Waals surface area contributed by atoms with Crippen LogP contribution in [0.25, 0.3) is 16.6 Å². The molecule has 0 amide bonds. The SMILES string of the molecule is COc1c(C)cc(S(=O)(=O)Nc2ccc(-n3c(C)nc4ccccc4c3=O)cc2)c(C)c1C. The van der Waals surface area contributed by atoms with Crippen LogP contribution in [0.3, 0.4) is 0 Å². The molecule has 1 heterocycles. The average molecular weight is 464 g/mol. The normalized spacial score (nSPS) is 11.5. The maximum Gasteiger partial charge on any atom is 0.265 e. The van der Waals surface area contributed by atoms with Gasteiger partial charge in [-0.3, -0.25) is 14.1 Å². The maximum atomic E-state index is 13.1. The number of aromatic nitrogens is 2. The summed E-state index contributed by atoms with van der Waals surface area (Å²) in [6, 6.07) is 15.4. The average Bonchev–Trinajstić information content (AvgIpc) is 2.77. The van der Waals surface area contributed by atoms with Crippen LogP contribution in [-0.4, -0.2) is 25.1 Å². The number of sulfonamides is 1. The molecular formula is C25H25N3O4S. The van der Waals surface area contributed by atoms with Crippen molar-refractivity contribution in [1.82, 2.24) is 9.55 Å². The third kappa shape index (κ3) is 3.98. The van der Waals surface area contributed by atoms with E-state index in [1.54, 1.807) is 69.5 Å². The predicted molar refractivity (Wildman–Crippen MR) is 130 cm³/mol. The fraction of sp³-hybridized carbons (Fsp3) is 0.200. The van der Waals surface area contributed by atoms with E-state index >= 15 is 0 Å². The van der Waals surface area contributed by atoms with E-state index in [0.29, 0.717) is 39.4 Å². The maximum absolute atomic E-state index is 13.1. The van der Waals surface area contributed by atoms with Crippen LogP contribution in [-0.2, 0) is 10.0 Å². The number of rotatable bonds is 5. The second-order valence-corrected chi connectivity index (χ2v) is 9.59. The number of nitrogens with one attached hydrogen (secondary N) is 1. The minimum Gasteiger partial charge on any atom is -0.496 e. The zero-order valence-corrected chi connectivity index (χ0v) is 19.9. The van der Waals surface area contributed by atoms with Crippen molar-refractivity contribution in [2.45, 2.75) is 32.6 Å². The van der Waals surface area contributed by atoms with E-state index in [-0.39, 0.29) is 10.5 Å². The summed E-state index contributed by atoms with van der Waals surface area (Å²) >= 11 is 0. The number of aryl methyl sites for hydroxylation is 2. The zero-order chi connectivity index (χ0) is 23.9. The number of anilines is 1. The second kappa shape index (κ2) is 8.37. The Labute approximate surface area is 192 Å². The van der Waals surface area contributed by atoms with Crippen molar-refractivity contribution in [3.63, 3.8) is 0 Å². The summed E-state index contributed by atoms with van der Waals surface area (Å²) in [5.74, 6) is 1.23. The first kappa shape index (κ1) is 22.5. The van der Waals surface area contributed by atoms with Gasteiger partial charge in [0.2, 0.25) is 0 Å². The highest BCUT2D eigenvalue weighted by molar-refractivity contribution is 7.92. The van der Waals surface area contributed by atoms with Crippen LogP contribution in [0.4, 0.5) is 5.69 Å². The quantitative estimate of drug-likeness (QED) is 0.473. The van der Waals surface area contributed by atoms with Gasteiger partial charge in [0.05, 0.1) is 28.6 Å². The van der Waals surface area contributed by atoms with Crippen molar-refractivity contribution in [2.24, 2.45) is 0 Å². The van der Waals surface area contributed by atoms with Crippen molar-refractivity contribution in [3.05, 3.63) is 87.5 Å². The van der Waals surface area contributed by atoms with Crippen molar-refractivity contribution in [1.29, 1.82) is 0 Å². The van der Waals surface area contributed by atoms with Gasteiger partial charge in [-0.15, -0.1) is 0 Å². The molecule has 0 spiro atoms. The summed E-state index contributed by atoms with van der Waals surface area (Å²) < 4.78 is 35.8. The molecule has 7 nitrogen and oxygen atoms in total. The summed E-state index contributed by atoms with van der Waals surface area (Å²) in [6.07, 6.45) is 0. The highest BCUT2D eigenvalue weighted by Gasteiger charge is 2.21. The summed E-state index contributed by atoms with van der Waals surface area (Å²) in [6.45, 7) is 7.18. The van der Waals surface area contributed by atoms with Crippen LogP contribution >= 0.6 is 0 Å². The smallest absolute Gasteiger partial charge is 0.265 e. The number of fused-ring (bicyclic) bond motifs is 1. The number of ether oxygens (including phenoxy) is 1. The Morgan fingerprint density at radius 1 is 0.939 bits per heavy atom. The van der Waals surface area contributed by atoms with Gasteiger partial charge in [-0.05, 0) is 86.8 Å². The molecule has 0 unspecified atom stereocenters. The van der Waals surface area contributed by atoms with Crippen LogP contribution in [0.5, 0.6) is 5.75 Å². The molecule has 33 heavy (non-hydrogen) atoms. The lowest BCUT2D eigenvalue weighted by atomic mass is 10.1. The highest BCUT2D eigenvalue weighted by atomic mass is 32.2. The number of methoxy groups -OCH3 is 1. The van der Waals surface area contributed by atoms with Gasteiger partial charge in [0.25, 0.3) is 15.6 Å². The van der Waals surface area contributed by atoms with Gasteiger partial charge in [-0.2, -0.15) is 0 Å². The van der Waals surface area contributed by atoms with Gasteiger partial charge in [0.1, 0.15) is 11.6 Å². The molecule has 0 saturated carbocycles. The first-order chi connectivity index (χ1) is 15.6. The molecule has 0 aliphatic heterocycles. The molecule has 0 bridgehead atoms. The molecule has 1 aromatic heterocycles. The second-order valence-electron chi connectivity index (χ2n) is 7.94. The van der Waals surface area contributed by atoms with E-state index in [1.165, 1.54) is 4.57 Å². The molecule has 0 saturated heterocycles. The molecule has 0 aliphatic carbocycles. The fourth-order valence-corrected chi connectivity index (χ4v) is 5.50. The third-order valence-electron chi connectivity index (χ3n) is 5.79. The molecule has 170 valence electrons. The molecule has 4 aromatic rings. The third-order valence-corrected chi connectivity index (χ3v) is 7.30. The predicted octanol–water partition coefficient (Wildman–Crippen LogP) is 4.43. The molecule has 0 aliphatic rings. The molecule has 3 aromatic carbocycles. The van der Waals surface area contributed by atoms with Gasteiger partial charge in [0, 0.05) is 5.69 Å². The Kier molecular flexibility index (Phi) is 5.71. The fourth-order valence-electron chi connectivity index (χ4n) is 4.05. The topological polar surface area (TPSA) is 90.3 Å². The molecule has 0 radical (unpaired) electrons. The number of benzene rings is 3. The number of para-hydroxylation sites is 1. The summed E-state index contributed by atoms with van der Waals surface area (Å²) in [5, 5.41) is 0.522. The lowest BCUT2D eigenvalue weighted by Crippen LogP contribution is -2.22. The Bertz CT molecular complexity index is 1540. The van der Waals surface area contributed by atoms with E-state index in [4.69, 9.17) is 4.74 Å². The largest absolute Gasteiger partial charge is 0.496 e. The van der Waals surface area contributed by atoms with Gasteiger partial charge < -0.3 is 4.74 Å². The Balaban J connectivity index is 1.69. The summed E-state index contributed by atoms with van der Waals surface area (Å²) in [4.78, 5) is 17.7. The van der Waals surface area contributed by atoms with Crippen LogP contribution < -0.4 is 15.0 Å². The Morgan fingerprint density at radius 2 is 1.61 bits per heavy atom. The van der Waals surface area contributed by atoms with E-state index in [9.17, 15) is 13.2 Å². The van der Waals surface area contributed by atoms with Crippen LogP contribution in [0.2, 0.25) is 0 Å². The van der Waals surface area contributed by atoms with E-state index in [2.05, 4.69) is 9.71 Å². The van der Waals surface area contributed by atoms with Gasteiger partial charge in [0.15, 0.2) is 0 Å². The minimum atomic E-state index is -3.82. The molecule has 0 atom stereocenters. The molecule has 0 fully saturated rings. The highest BCUT2D eigenvalue weighted by Crippen LogP contribution is 2.31. The van der Waals surface area contributed by atoms with Crippen LogP contribution in [0.15, 0.2) is 64.3 Å². The summed E-state index contributed by atoms with van der Waals surface area (Å²) in [5.41, 5.74) is 3.62. The first-order valence-corrected chi connectivity index (χ1v) is 11.9. The molecule has 1 N–H and O–H groups in total. The van der Waals surface area contributed by atoms with Crippen LogP contribution in [0, 0.1) is 27.7 Å². The zero-order valence-electron chi connectivity index (χ0n) is 19.1. The van der Waals surface area contributed by atoms with Gasteiger partial charge >= 0.3 is 0 Å². The Morgan fingerprint density at radius 3 is 2.27 bits per heavy atom. The molecular weight excluding hydrogens is 438 g/mol. The van der Waals surface area contributed by atoms with E-state index in [1.807, 2.05) is 19.9 Å². The monoisotopic (exact) mass is 463 g/mol. The van der Waals surface area contributed by atoms with Crippen molar-refractivity contribution in [2.75, 3.05) is 11.8 Å². The minimum absolute atomic E-state index is 0.175. The number of hydrogen-bond acceptors (Lipinski definition) is 5. The van der Waals surface area contributed by atoms with Gasteiger partial charge in [-0.25, -0.2) is 13.4 Å². The van der Waals surface area contributed by atoms with Crippen LogP contribution in [0.1, 0.15) is 22.5 Å². The summed E-state index contributed by atoms with van der Waals surface area (Å²) in [7, 11) is -2.25. The van der Waals surface area contributed by atoms with Crippen molar-refractivity contribution in [3.8, 4) is 11.4 Å². The standard InChI is InChI=1S/C25H25N3O4S/c1-15-14-23(16(2)17(3)24(15)32-5)33(30,31)27-19-10-12-20(13-11-19)28-18(4)26-22-9-7-6-8-21(22)25(28)29/h6-14,27H,1-5H3. The van der Waals surface area contributed by atoms with E-state index in [0.717, 1.165) is 11.1 Å². The number of nitrogens with zero attached hydrogens (tertiary/aromatic N) is 2. The van der Waals surface area contributed by atoms with Gasteiger partial charge in [-0.1, -0.05) is 12.1 Å². The Hall–Kier alpha value is -3.65. The van der Waals surface area contributed by atoms with E-state index < -0.39 is 10.0 Å². The number of hydrogen-bond donors (Lipinski definition) is 1. The molecule has 8 heteroatoms. The molecule has 4 rings (SSSR count). The first-order valence-electron chi connectivity index (χ1n) is 10.4. The lowest BCUT2D eigenvalue weighted by Gasteiger charge is -2.17. The van der Waals surface area contributed by atoms with Crippen molar-refractivity contribution >= 4 is 26.6 Å². The lowest BCUT2D eigenvalue weighted by molar-refractivity contribution is 0.407. The van der Waals surface area contributed by atoms with Crippen molar-refractivity contribution < 1.29 is 13.2 Å².